The highest BCUT2D eigenvalue weighted by atomic mass is 16.8. The van der Waals surface area contributed by atoms with Crippen LogP contribution in [0.1, 0.15) is 44.6 Å². The Morgan fingerprint density at radius 3 is 2.37 bits per heavy atom. The van der Waals surface area contributed by atoms with Crippen LogP contribution >= 0.6 is 0 Å². The van der Waals surface area contributed by atoms with Crippen molar-refractivity contribution in [2.45, 2.75) is 50.9 Å². The molecule has 3 nitrogen and oxygen atoms in total. The zero-order valence-corrected chi connectivity index (χ0v) is 11.3. The summed E-state index contributed by atoms with van der Waals surface area (Å²) in [5.41, 5.74) is 0.0671. The summed E-state index contributed by atoms with van der Waals surface area (Å²) in [6.07, 6.45) is 5.23. The van der Waals surface area contributed by atoms with Gasteiger partial charge in [0, 0.05) is 5.92 Å². The second kappa shape index (κ2) is 4.97. The number of hydrogen-bond acceptors (Lipinski definition) is 3. The third-order valence-electron chi connectivity index (χ3n) is 4.31. The van der Waals surface area contributed by atoms with Crippen LogP contribution in [0.3, 0.4) is 0 Å². The Hall–Kier alpha value is -1.35. The number of hydrogen-bond donors (Lipinski definition) is 0. The quantitative estimate of drug-likeness (QED) is 0.765. The molecule has 3 rings (SSSR count). The zero-order valence-electron chi connectivity index (χ0n) is 11.3. The van der Waals surface area contributed by atoms with Crippen molar-refractivity contribution >= 4 is 5.97 Å². The Labute approximate surface area is 113 Å². The molecule has 2 atom stereocenters. The maximum Gasteiger partial charge on any atom is 0.345 e. The fourth-order valence-electron chi connectivity index (χ4n) is 3.45. The van der Waals surface area contributed by atoms with E-state index in [-0.39, 0.29) is 11.9 Å². The summed E-state index contributed by atoms with van der Waals surface area (Å²) in [5, 5.41) is 0. The molecule has 1 heterocycles. The second-order valence-electron chi connectivity index (χ2n) is 5.53. The molecule has 1 aliphatic heterocycles. The lowest BCUT2D eigenvalue weighted by Crippen LogP contribution is -2.42. The van der Waals surface area contributed by atoms with Crippen molar-refractivity contribution in [2.24, 2.45) is 5.92 Å². The summed E-state index contributed by atoms with van der Waals surface area (Å²) in [6, 6.07) is 9.84. The van der Waals surface area contributed by atoms with E-state index < -0.39 is 11.9 Å². The van der Waals surface area contributed by atoms with Gasteiger partial charge in [0.05, 0.1) is 0 Å². The Morgan fingerprint density at radius 2 is 1.79 bits per heavy atom. The van der Waals surface area contributed by atoms with Crippen LogP contribution < -0.4 is 0 Å². The van der Waals surface area contributed by atoms with E-state index in [1.54, 1.807) is 6.92 Å². The number of carbonyl (C=O) groups is 1. The molecule has 102 valence electrons. The predicted molar refractivity (Wildman–Crippen MR) is 71.3 cm³/mol. The summed E-state index contributed by atoms with van der Waals surface area (Å²) >= 11 is 0. The first-order valence-electron chi connectivity index (χ1n) is 7.18. The van der Waals surface area contributed by atoms with Crippen molar-refractivity contribution in [3.8, 4) is 0 Å². The van der Waals surface area contributed by atoms with Gasteiger partial charge in [0.15, 0.2) is 5.60 Å². The topological polar surface area (TPSA) is 35.5 Å². The molecule has 0 amide bonds. The molecule has 0 radical (unpaired) electrons. The molecule has 0 aromatic heterocycles. The summed E-state index contributed by atoms with van der Waals surface area (Å²) in [4.78, 5) is 12.5. The van der Waals surface area contributed by atoms with Gasteiger partial charge in [-0.2, -0.15) is 0 Å². The van der Waals surface area contributed by atoms with Crippen molar-refractivity contribution in [3.63, 3.8) is 0 Å². The second-order valence-corrected chi connectivity index (χ2v) is 5.53. The molecule has 0 spiro atoms. The molecule has 0 N–H and O–H groups in total. The van der Waals surface area contributed by atoms with Crippen LogP contribution in [0.15, 0.2) is 30.3 Å². The number of carbonyl (C=O) groups excluding carboxylic acids is 1. The minimum absolute atomic E-state index is 0.210. The summed E-state index contributed by atoms with van der Waals surface area (Å²) in [7, 11) is 0. The molecule has 19 heavy (non-hydrogen) atoms. The van der Waals surface area contributed by atoms with Crippen LogP contribution in [-0.2, 0) is 19.9 Å². The van der Waals surface area contributed by atoms with E-state index >= 15 is 0 Å². The molecular formula is C16H20O3. The van der Waals surface area contributed by atoms with E-state index in [2.05, 4.69) is 0 Å². The molecule has 1 aromatic carbocycles. The van der Waals surface area contributed by atoms with Crippen LogP contribution in [0, 0.1) is 5.92 Å². The molecule has 1 aromatic rings. The van der Waals surface area contributed by atoms with Gasteiger partial charge in [0.1, 0.15) is 0 Å². The lowest BCUT2D eigenvalue weighted by atomic mass is 9.73. The Morgan fingerprint density at radius 1 is 1.11 bits per heavy atom. The molecule has 2 fully saturated rings. The largest absolute Gasteiger partial charge is 0.434 e. The SMILES string of the molecule is C[C@H]1OC(=O)[C@](c2ccccc2)(C2CCCCC2)O1. The zero-order chi connectivity index (χ0) is 13.3. The van der Waals surface area contributed by atoms with E-state index in [4.69, 9.17) is 9.47 Å². The van der Waals surface area contributed by atoms with Crippen LogP contribution in [0.4, 0.5) is 0 Å². The number of ether oxygens (including phenoxy) is 2. The van der Waals surface area contributed by atoms with Gasteiger partial charge < -0.3 is 9.47 Å². The van der Waals surface area contributed by atoms with E-state index in [0.29, 0.717) is 0 Å². The van der Waals surface area contributed by atoms with Gasteiger partial charge in [-0.25, -0.2) is 4.79 Å². The van der Waals surface area contributed by atoms with Crippen molar-refractivity contribution in [2.75, 3.05) is 0 Å². The van der Waals surface area contributed by atoms with Crippen LogP contribution in [0.2, 0.25) is 0 Å². The molecule has 1 saturated heterocycles. The number of cyclic esters (lactones) is 1. The highest BCUT2D eigenvalue weighted by molar-refractivity contribution is 5.83. The summed E-state index contributed by atoms with van der Waals surface area (Å²) in [5.74, 6) is 0.0270. The first kappa shape index (κ1) is 12.7. The van der Waals surface area contributed by atoms with Gasteiger partial charge in [-0.3, -0.25) is 0 Å². The molecular weight excluding hydrogens is 240 g/mol. The minimum atomic E-state index is -0.874. The molecule has 2 aliphatic rings. The van der Waals surface area contributed by atoms with Gasteiger partial charge in [-0.1, -0.05) is 49.6 Å². The van der Waals surface area contributed by atoms with Gasteiger partial charge in [0.2, 0.25) is 6.29 Å². The molecule has 3 heteroatoms. The number of benzene rings is 1. The standard InChI is InChI=1S/C16H20O3/c1-12-18-15(17)16(19-12,13-8-4-2-5-9-13)14-10-6-3-7-11-14/h2,4-5,8-9,12,14H,3,6-7,10-11H2,1H3/t12-,16-/m0/s1. The van der Waals surface area contributed by atoms with E-state index in [9.17, 15) is 4.79 Å². The van der Waals surface area contributed by atoms with Crippen molar-refractivity contribution in [1.82, 2.24) is 0 Å². The smallest absolute Gasteiger partial charge is 0.345 e. The van der Waals surface area contributed by atoms with Crippen LogP contribution in [-0.4, -0.2) is 12.3 Å². The van der Waals surface area contributed by atoms with Crippen molar-refractivity contribution < 1.29 is 14.3 Å². The van der Waals surface area contributed by atoms with Crippen molar-refractivity contribution in [3.05, 3.63) is 35.9 Å². The third-order valence-corrected chi connectivity index (χ3v) is 4.31. The first-order valence-corrected chi connectivity index (χ1v) is 7.18. The first-order chi connectivity index (χ1) is 9.23. The Bertz CT molecular complexity index is 450. The molecule has 1 saturated carbocycles. The fraction of sp³-hybridized carbons (Fsp3) is 0.562. The van der Waals surface area contributed by atoms with E-state index in [0.717, 1.165) is 18.4 Å². The maximum absolute atomic E-state index is 12.5. The predicted octanol–water partition coefficient (Wildman–Crippen LogP) is 3.38. The molecule has 1 aliphatic carbocycles. The van der Waals surface area contributed by atoms with Gasteiger partial charge in [-0.05, 0) is 25.3 Å². The van der Waals surface area contributed by atoms with Gasteiger partial charge in [0.25, 0.3) is 0 Å². The highest BCUT2D eigenvalue weighted by Crippen LogP contribution is 2.46. The fourth-order valence-corrected chi connectivity index (χ4v) is 3.45. The lowest BCUT2D eigenvalue weighted by Gasteiger charge is -2.36. The Balaban J connectivity index is 2.03. The maximum atomic E-state index is 12.5. The molecule has 0 bridgehead atoms. The summed E-state index contributed by atoms with van der Waals surface area (Å²) < 4.78 is 11.3. The number of esters is 1. The minimum Gasteiger partial charge on any atom is -0.434 e. The van der Waals surface area contributed by atoms with Crippen LogP contribution in [0.25, 0.3) is 0 Å². The average Bonchev–Trinajstić information content (AvgIpc) is 2.76. The van der Waals surface area contributed by atoms with Gasteiger partial charge in [-0.15, -0.1) is 0 Å². The Kier molecular flexibility index (Phi) is 3.31. The molecule has 0 unspecified atom stereocenters. The van der Waals surface area contributed by atoms with Crippen LogP contribution in [0.5, 0.6) is 0 Å². The van der Waals surface area contributed by atoms with Crippen molar-refractivity contribution in [1.29, 1.82) is 0 Å². The average molecular weight is 260 g/mol. The summed E-state index contributed by atoms with van der Waals surface area (Å²) in [6.45, 7) is 1.80. The normalized spacial score (nSPS) is 32.3. The van der Waals surface area contributed by atoms with Gasteiger partial charge >= 0.3 is 5.97 Å². The number of rotatable bonds is 2. The lowest BCUT2D eigenvalue weighted by molar-refractivity contribution is -0.149. The van der Waals surface area contributed by atoms with E-state index in [1.807, 2.05) is 30.3 Å². The third kappa shape index (κ3) is 2.06. The van der Waals surface area contributed by atoms with E-state index in [1.165, 1.54) is 19.3 Å². The monoisotopic (exact) mass is 260 g/mol. The highest BCUT2D eigenvalue weighted by Gasteiger charge is 2.55.